The van der Waals surface area contributed by atoms with Gasteiger partial charge in [0.15, 0.2) is 5.82 Å². The molecular formula is C10H11ClN6S. The van der Waals surface area contributed by atoms with Gasteiger partial charge in [0.1, 0.15) is 5.01 Å². The zero-order valence-electron chi connectivity index (χ0n) is 9.75. The summed E-state index contributed by atoms with van der Waals surface area (Å²) in [7, 11) is 0. The van der Waals surface area contributed by atoms with Gasteiger partial charge in [-0.3, -0.25) is 4.68 Å². The summed E-state index contributed by atoms with van der Waals surface area (Å²) in [6.45, 7) is 2.71. The van der Waals surface area contributed by atoms with Crippen molar-refractivity contribution in [3.05, 3.63) is 28.2 Å². The van der Waals surface area contributed by atoms with E-state index in [4.69, 9.17) is 11.6 Å². The van der Waals surface area contributed by atoms with Gasteiger partial charge < -0.3 is 0 Å². The lowest BCUT2D eigenvalue weighted by Crippen LogP contribution is -2.01. The van der Waals surface area contributed by atoms with Gasteiger partial charge in [0.25, 0.3) is 0 Å². The maximum absolute atomic E-state index is 5.82. The molecule has 0 amide bonds. The monoisotopic (exact) mass is 282 g/mol. The van der Waals surface area contributed by atoms with Crippen LogP contribution in [0.3, 0.4) is 0 Å². The normalized spacial score (nSPS) is 11.4. The molecule has 0 aliphatic heterocycles. The summed E-state index contributed by atoms with van der Waals surface area (Å²) in [6, 6.07) is 0. The van der Waals surface area contributed by atoms with Crippen LogP contribution in [0, 0.1) is 0 Å². The number of nitrogens with zero attached hydrogens (tertiary/aromatic N) is 6. The second-order valence-corrected chi connectivity index (χ2v) is 5.39. The van der Waals surface area contributed by atoms with Gasteiger partial charge >= 0.3 is 0 Å². The fraction of sp³-hybridized carbons (Fsp3) is 0.400. The highest BCUT2D eigenvalue weighted by atomic mass is 35.5. The Balaban J connectivity index is 1.89. The predicted octanol–water partition coefficient (Wildman–Crippen LogP) is 2.04. The van der Waals surface area contributed by atoms with E-state index in [9.17, 15) is 0 Å². The average Bonchev–Trinajstić information content (AvgIpc) is 2.99. The van der Waals surface area contributed by atoms with E-state index in [0.717, 1.165) is 28.6 Å². The van der Waals surface area contributed by atoms with Gasteiger partial charge in [-0.15, -0.1) is 10.2 Å². The second kappa shape index (κ2) is 4.66. The first-order valence-electron chi connectivity index (χ1n) is 5.64. The minimum atomic E-state index is 0.603. The Labute approximate surface area is 112 Å². The van der Waals surface area contributed by atoms with E-state index in [0.29, 0.717) is 11.6 Å². The molecule has 94 valence electrons. The molecule has 0 spiro atoms. The lowest BCUT2D eigenvalue weighted by atomic mass is 10.3. The molecule has 8 heteroatoms. The van der Waals surface area contributed by atoms with Crippen molar-refractivity contribution in [3.8, 4) is 0 Å². The first-order valence-corrected chi connectivity index (χ1v) is 6.83. The molecule has 18 heavy (non-hydrogen) atoms. The number of fused-ring (bicyclic) bond motifs is 1. The molecule has 0 fully saturated rings. The fourth-order valence-corrected chi connectivity index (χ4v) is 2.70. The Morgan fingerprint density at radius 1 is 1.39 bits per heavy atom. The van der Waals surface area contributed by atoms with Gasteiger partial charge in [-0.2, -0.15) is 14.7 Å². The summed E-state index contributed by atoms with van der Waals surface area (Å²) in [4.78, 5) is 0.826. The molecule has 0 saturated heterocycles. The van der Waals surface area contributed by atoms with Crippen LogP contribution in [0.2, 0.25) is 5.02 Å². The zero-order valence-corrected chi connectivity index (χ0v) is 11.3. The van der Waals surface area contributed by atoms with Crippen molar-refractivity contribution in [2.24, 2.45) is 0 Å². The molecule has 3 aromatic heterocycles. The molecule has 0 bridgehead atoms. The SMILES string of the molecule is CCCc1nnc2sc(Cn3cc(Cl)cn3)nn12. The van der Waals surface area contributed by atoms with Crippen molar-refractivity contribution in [2.75, 3.05) is 0 Å². The smallest absolute Gasteiger partial charge is 0.234 e. The molecule has 0 unspecified atom stereocenters. The third kappa shape index (κ3) is 2.11. The summed E-state index contributed by atoms with van der Waals surface area (Å²) < 4.78 is 3.57. The van der Waals surface area contributed by atoms with Crippen LogP contribution in [-0.4, -0.2) is 29.6 Å². The third-order valence-electron chi connectivity index (χ3n) is 2.47. The van der Waals surface area contributed by atoms with Crippen LogP contribution in [0.1, 0.15) is 24.2 Å². The van der Waals surface area contributed by atoms with Crippen molar-refractivity contribution in [1.82, 2.24) is 29.6 Å². The van der Waals surface area contributed by atoms with E-state index in [1.165, 1.54) is 11.3 Å². The summed E-state index contributed by atoms with van der Waals surface area (Å²) in [6.07, 6.45) is 5.31. The second-order valence-electron chi connectivity index (χ2n) is 3.91. The highest BCUT2D eigenvalue weighted by Gasteiger charge is 2.11. The lowest BCUT2D eigenvalue weighted by Gasteiger charge is -1.95. The van der Waals surface area contributed by atoms with E-state index in [-0.39, 0.29) is 0 Å². The molecular weight excluding hydrogens is 272 g/mol. The summed E-state index contributed by atoms with van der Waals surface area (Å²) in [5.41, 5.74) is 0. The van der Waals surface area contributed by atoms with E-state index < -0.39 is 0 Å². The summed E-state index contributed by atoms with van der Waals surface area (Å²) in [5, 5.41) is 18.4. The average molecular weight is 283 g/mol. The van der Waals surface area contributed by atoms with Gasteiger partial charge in [-0.25, -0.2) is 0 Å². The Hall–Kier alpha value is -1.47. The number of aryl methyl sites for hydroxylation is 1. The van der Waals surface area contributed by atoms with E-state index in [1.807, 2.05) is 4.52 Å². The first kappa shape index (κ1) is 11.6. The van der Waals surface area contributed by atoms with Gasteiger partial charge in [-0.05, 0) is 6.42 Å². The topological polar surface area (TPSA) is 60.9 Å². The van der Waals surface area contributed by atoms with Gasteiger partial charge in [0, 0.05) is 12.6 Å². The lowest BCUT2D eigenvalue weighted by molar-refractivity contribution is 0.666. The molecule has 0 N–H and O–H groups in total. The van der Waals surface area contributed by atoms with Crippen LogP contribution >= 0.6 is 22.9 Å². The van der Waals surface area contributed by atoms with Crippen LogP contribution in [-0.2, 0) is 13.0 Å². The van der Waals surface area contributed by atoms with Crippen molar-refractivity contribution in [1.29, 1.82) is 0 Å². The van der Waals surface area contributed by atoms with Crippen LogP contribution in [0.25, 0.3) is 4.96 Å². The standard InChI is InChI=1S/C10H11ClN6S/c1-2-3-8-13-14-10-17(8)15-9(18-10)6-16-5-7(11)4-12-16/h4-5H,2-3,6H2,1H3. The van der Waals surface area contributed by atoms with Gasteiger partial charge in [0.05, 0.1) is 17.8 Å². The van der Waals surface area contributed by atoms with E-state index >= 15 is 0 Å². The van der Waals surface area contributed by atoms with Crippen molar-refractivity contribution >= 4 is 27.9 Å². The molecule has 0 atom stereocenters. The number of rotatable bonds is 4. The van der Waals surface area contributed by atoms with E-state index in [1.54, 1.807) is 17.1 Å². The molecule has 0 aliphatic rings. The van der Waals surface area contributed by atoms with Crippen molar-refractivity contribution in [2.45, 2.75) is 26.3 Å². The zero-order chi connectivity index (χ0) is 12.5. The Morgan fingerprint density at radius 3 is 3.00 bits per heavy atom. The number of halogens is 1. The maximum atomic E-state index is 5.82. The fourth-order valence-electron chi connectivity index (χ4n) is 1.70. The minimum absolute atomic E-state index is 0.603. The third-order valence-corrected chi connectivity index (χ3v) is 3.55. The molecule has 6 nitrogen and oxygen atoms in total. The number of hydrogen-bond acceptors (Lipinski definition) is 5. The molecule has 0 aliphatic carbocycles. The Kier molecular flexibility index (Phi) is 3.00. The van der Waals surface area contributed by atoms with Crippen LogP contribution in [0.4, 0.5) is 0 Å². The molecule has 0 radical (unpaired) electrons. The van der Waals surface area contributed by atoms with Gasteiger partial charge in [0.2, 0.25) is 4.96 Å². The predicted molar refractivity (Wildman–Crippen MR) is 69.0 cm³/mol. The molecule has 3 rings (SSSR count). The summed E-state index contributed by atoms with van der Waals surface area (Å²) in [5.74, 6) is 0.911. The molecule has 3 heterocycles. The Morgan fingerprint density at radius 2 is 2.28 bits per heavy atom. The quantitative estimate of drug-likeness (QED) is 0.735. The van der Waals surface area contributed by atoms with Gasteiger partial charge in [-0.1, -0.05) is 29.9 Å². The molecule has 3 aromatic rings. The molecule has 0 saturated carbocycles. The van der Waals surface area contributed by atoms with Crippen LogP contribution in [0.5, 0.6) is 0 Å². The largest absolute Gasteiger partial charge is 0.264 e. The Bertz CT molecular complexity index is 669. The highest BCUT2D eigenvalue weighted by Crippen LogP contribution is 2.16. The van der Waals surface area contributed by atoms with Crippen molar-refractivity contribution < 1.29 is 0 Å². The molecule has 0 aromatic carbocycles. The first-order chi connectivity index (χ1) is 8.76. The van der Waals surface area contributed by atoms with Crippen LogP contribution in [0.15, 0.2) is 12.4 Å². The van der Waals surface area contributed by atoms with E-state index in [2.05, 4.69) is 27.3 Å². The minimum Gasteiger partial charge on any atom is -0.264 e. The maximum Gasteiger partial charge on any atom is 0.234 e. The van der Waals surface area contributed by atoms with Crippen LogP contribution < -0.4 is 0 Å². The highest BCUT2D eigenvalue weighted by molar-refractivity contribution is 7.16. The number of aromatic nitrogens is 6. The van der Waals surface area contributed by atoms with Crippen molar-refractivity contribution in [3.63, 3.8) is 0 Å². The summed E-state index contributed by atoms with van der Waals surface area (Å²) >= 11 is 7.35. The number of hydrogen-bond donors (Lipinski definition) is 0.